The van der Waals surface area contributed by atoms with Gasteiger partial charge in [0.15, 0.2) is 0 Å². The first-order chi connectivity index (χ1) is 16.8. The molecule has 0 atom stereocenters. The molecule has 2 aromatic carbocycles. The molecule has 1 aliphatic heterocycles. The molecule has 3 heterocycles. The maximum atomic E-state index is 13.2. The lowest BCUT2D eigenvalue weighted by atomic mass is 9.95. The molecule has 5 rings (SSSR count). The Labute approximate surface area is 202 Å². The molecule has 0 spiro atoms. The smallest absolute Gasteiger partial charge is 0.259 e. The zero-order valence-electron chi connectivity index (χ0n) is 19.9. The number of hydrogen-bond donors (Lipinski definition) is 3. The number of rotatable bonds is 7. The molecule has 0 unspecified atom stereocenters. The molecular formula is C27H27N5O3. The lowest BCUT2D eigenvalue weighted by molar-refractivity contribution is -0.122. The summed E-state index contributed by atoms with van der Waals surface area (Å²) in [4.78, 5) is 43.6. The molecule has 8 nitrogen and oxygen atoms in total. The SMILES string of the molecule is CC(=O)Nc1cccc2c1c(C1=C(c3c[nH]c4ccccc34)C(=O)NC1=O)cn2CCCN(C)C. The van der Waals surface area contributed by atoms with Crippen molar-refractivity contribution in [2.75, 3.05) is 26.0 Å². The van der Waals surface area contributed by atoms with Gasteiger partial charge in [-0.3, -0.25) is 19.7 Å². The Kier molecular flexibility index (Phi) is 5.74. The van der Waals surface area contributed by atoms with Gasteiger partial charge >= 0.3 is 0 Å². The van der Waals surface area contributed by atoms with Gasteiger partial charge in [0.25, 0.3) is 11.8 Å². The highest BCUT2D eigenvalue weighted by atomic mass is 16.2. The highest BCUT2D eigenvalue weighted by Gasteiger charge is 2.35. The van der Waals surface area contributed by atoms with Gasteiger partial charge in [-0.25, -0.2) is 0 Å². The molecule has 1 aliphatic rings. The average Bonchev–Trinajstić information content (AvgIpc) is 3.46. The molecule has 0 saturated heterocycles. The number of nitrogens with one attached hydrogen (secondary N) is 3. The summed E-state index contributed by atoms with van der Waals surface area (Å²) in [5, 5.41) is 6.99. The van der Waals surface area contributed by atoms with E-state index in [1.54, 1.807) is 6.20 Å². The van der Waals surface area contributed by atoms with Crippen LogP contribution in [-0.2, 0) is 20.9 Å². The minimum Gasteiger partial charge on any atom is -0.361 e. The summed E-state index contributed by atoms with van der Waals surface area (Å²) in [5.74, 6) is -1.08. The van der Waals surface area contributed by atoms with Gasteiger partial charge in [0, 0.05) is 53.3 Å². The van der Waals surface area contributed by atoms with Crippen molar-refractivity contribution in [2.45, 2.75) is 19.9 Å². The average molecular weight is 470 g/mol. The predicted octanol–water partition coefficient (Wildman–Crippen LogP) is 3.60. The van der Waals surface area contributed by atoms with Crippen molar-refractivity contribution in [3.63, 3.8) is 0 Å². The largest absolute Gasteiger partial charge is 0.361 e. The van der Waals surface area contributed by atoms with E-state index in [1.807, 2.05) is 62.8 Å². The lowest BCUT2D eigenvalue weighted by Crippen LogP contribution is -2.22. The summed E-state index contributed by atoms with van der Waals surface area (Å²) in [5.41, 5.74) is 4.32. The summed E-state index contributed by atoms with van der Waals surface area (Å²) in [6, 6.07) is 13.3. The molecule has 0 fully saturated rings. The Balaban J connectivity index is 1.77. The van der Waals surface area contributed by atoms with Crippen molar-refractivity contribution in [1.82, 2.24) is 19.8 Å². The van der Waals surface area contributed by atoms with Gasteiger partial charge in [0.2, 0.25) is 5.91 Å². The predicted molar refractivity (Wildman–Crippen MR) is 138 cm³/mol. The second kappa shape index (κ2) is 8.88. The Morgan fingerprint density at radius 3 is 2.49 bits per heavy atom. The minimum absolute atomic E-state index is 0.207. The third-order valence-corrected chi connectivity index (χ3v) is 6.28. The van der Waals surface area contributed by atoms with E-state index in [4.69, 9.17) is 0 Å². The molecule has 4 aromatic rings. The van der Waals surface area contributed by atoms with Crippen LogP contribution in [0, 0.1) is 0 Å². The number of fused-ring (bicyclic) bond motifs is 2. The van der Waals surface area contributed by atoms with Gasteiger partial charge in [0.1, 0.15) is 0 Å². The number of anilines is 1. The Bertz CT molecular complexity index is 1520. The maximum Gasteiger partial charge on any atom is 0.259 e. The fraction of sp³-hybridized carbons (Fsp3) is 0.222. The van der Waals surface area contributed by atoms with E-state index in [-0.39, 0.29) is 5.91 Å². The number of H-pyrrole nitrogens is 1. The third-order valence-electron chi connectivity index (χ3n) is 6.28. The molecule has 35 heavy (non-hydrogen) atoms. The van der Waals surface area contributed by atoms with Gasteiger partial charge in [-0.15, -0.1) is 0 Å². The second-order valence-electron chi connectivity index (χ2n) is 9.06. The van der Waals surface area contributed by atoms with Gasteiger partial charge < -0.3 is 19.8 Å². The quantitative estimate of drug-likeness (QED) is 0.360. The summed E-state index contributed by atoms with van der Waals surface area (Å²) >= 11 is 0. The molecule has 3 amide bonds. The van der Waals surface area contributed by atoms with Gasteiger partial charge in [-0.1, -0.05) is 24.3 Å². The van der Waals surface area contributed by atoms with Crippen LogP contribution >= 0.6 is 0 Å². The molecule has 0 saturated carbocycles. The first-order valence-electron chi connectivity index (χ1n) is 11.6. The normalized spacial score (nSPS) is 13.9. The highest BCUT2D eigenvalue weighted by molar-refractivity contribution is 6.51. The van der Waals surface area contributed by atoms with E-state index in [9.17, 15) is 14.4 Å². The fourth-order valence-corrected chi connectivity index (χ4v) is 4.83. The third kappa shape index (κ3) is 4.02. The molecule has 3 N–H and O–H groups in total. The number of para-hydroxylation sites is 1. The summed E-state index contributed by atoms with van der Waals surface area (Å²) < 4.78 is 2.09. The van der Waals surface area contributed by atoms with Crippen molar-refractivity contribution in [3.05, 3.63) is 66.0 Å². The molecular weight excluding hydrogens is 442 g/mol. The van der Waals surface area contributed by atoms with E-state index in [1.165, 1.54) is 6.92 Å². The number of carbonyl (C=O) groups is 3. The molecule has 0 bridgehead atoms. The zero-order chi connectivity index (χ0) is 24.7. The lowest BCUT2D eigenvalue weighted by Gasteiger charge is -2.11. The first kappa shape index (κ1) is 22.6. The van der Waals surface area contributed by atoms with Crippen LogP contribution in [0.15, 0.2) is 54.9 Å². The van der Waals surface area contributed by atoms with Crippen molar-refractivity contribution >= 4 is 56.4 Å². The van der Waals surface area contributed by atoms with Crippen molar-refractivity contribution in [1.29, 1.82) is 0 Å². The Morgan fingerprint density at radius 2 is 1.74 bits per heavy atom. The number of aromatic nitrogens is 2. The monoisotopic (exact) mass is 469 g/mol. The fourth-order valence-electron chi connectivity index (χ4n) is 4.83. The second-order valence-corrected chi connectivity index (χ2v) is 9.06. The van der Waals surface area contributed by atoms with Crippen LogP contribution in [0.2, 0.25) is 0 Å². The molecule has 8 heteroatoms. The number of nitrogens with zero attached hydrogens (tertiary/aromatic N) is 2. The van der Waals surface area contributed by atoms with Crippen LogP contribution < -0.4 is 10.6 Å². The van der Waals surface area contributed by atoms with E-state index in [0.717, 1.165) is 41.3 Å². The topological polar surface area (TPSA) is 99.2 Å². The first-order valence-corrected chi connectivity index (χ1v) is 11.6. The number of amides is 3. The van der Waals surface area contributed by atoms with E-state index >= 15 is 0 Å². The number of carbonyl (C=O) groups excluding carboxylic acids is 3. The van der Waals surface area contributed by atoms with E-state index in [2.05, 4.69) is 25.1 Å². The van der Waals surface area contributed by atoms with Crippen LogP contribution in [-0.4, -0.2) is 52.8 Å². The van der Waals surface area contributed by atoms with E-state index in [0.29, 0.717) is 28.0 Å². The van der Waals surface area contributed by atoms with Crippen molar-refractivity contribution in [3.8, 4) is 0 Å². The highest BCUT2D eigenvalue weighted by Crippen LogP contribution is 2.40. The van der Waals surface area contributed by atoms with Crippen LogP contribution in [0.25, 0.3) is 33.0 Å². The maximum absolute atomic E-state index is 13.2. The van der Waals surface area contributed by atoms with E-state index < -0.39 is 11.8 Å². The number of benzene rings is 2. The van der Waals surface area contributed by atoms with Crippen LogP contribution in [0.3, 0.4) is 0 Å². The minimum atomic E-state index is -0.444. The van der Waals surface area contributed by atoms with Crippen LogP contribution in [0.4, 0.5) is 5.69 Å². The van der Waals surface area contributed by atoms with Gasteiger partial charge in [-0.05, 0) is 45.3 Å². The van der Waals surface area contributed by atoms with Gasteiger partial charge in [0.05, 0.1) is 22.4 Å². The summed E-state index contributed by atoms with van der Waals surface area (Å²) in [6.07, 6.45) is 4.59. The van der Waals surface area contributed by atoms with Crippen molar-refractivity contribution in [2.24, 2.45) is 0 Å². The number of aromatic amines is 1. The Morgan fingerprint density at radius 1 is 1.00 bits per heavy atom. The zero-order valence-corrected chi connectivity index (χ0v) is 19.9. The molecule has 178 valence electrons. The molecule has 0 radical (unpaired) electrons. The van der Waals surface area contributed by atoms with Crippen LogP contribution in [0.5, 0.6) is 0 Å². The Hall–Kier alpha value is -4.17. The number of hydrogen-bond acceptors (Lipinski definition) is 4. The molecule has 0 aliphatic carbocycles. The standard InChI is InChI=1S/C27H27N5O3/c1-16(33)29-21-10-6-11-22-23(21)19(15-32(22)13-7-12-31(2)3)25-24(26(34)30-27(25)35)18-14-28-20-9-5-4-8-17(18)20/h4-6,8-11,14-15,28H,7,12-13H2,1-3H3,(H,29,33)(H,30,34,35). The van der Waals surface area contributed by atoms with Crippen molar-refractivity contribution < 1.29 is 14.4 Å². The number of aryl methyl sites for hydroxylation is 1. The number of imide groups is 1. The van der Waals surface area contributed by atoms with Crippen LogP contribution in [0.1, 0.15) is 24.5 Å². The van der Waals surface area contributed by atoms with Gasteiger partial charge in [-0.2, -0.15) is 0 Å². The summed E-state index contributed by atoms with van der Waals surface area (Å²) in [7, 11) is 4.06. The molecule has 2 aromatic heterocycles. The summed E-state index contributed by atoms with van der Waals surface area (Å²) in [6.45, 7) is 3.08.